The number of hydrogen-bond acceptors (Lipinski definition) is 3. The first kappa shape index (κ1) is 11.1. The smallest absolute Gasteiger partial charge is 0.336 e. The standard InChI is InChI=1S/C11H16N2O3/c1-7(2)9-12-6-8-5-11(16,10(14)15)3-4-13(8)9/h6-7,16H,3-5H2,1-2H3,(H,14,15). The van der Waals surface area contributed by atoms with E-state index >= 15 is 0 Å². The van der Waals surface area contributed by atoms with Gasteiger partial charge in [0.25, 0.3) is 0 Å². The van der Waals surface area contributed by atoms with Crippen molar-refractivity contribution in [3.8, 4) is 0 Å². The number of nitrogens with zero attached hydrogens (tertiary/aromatic N) is 2. The fraction of sp³-hybridized carbons (Fsp3) is 0.636. The molecule has 0 aliphatic carbocycles. The quantitative estimate of drug-likeness (QED) is 0.778. The van der Waals surface area contributed by atoms with Crippen molar-refractivity contribution in [1.29, 1.82) is 0 Å². The third kappa shape index (κ3) is 1.61. The van der Waals surface area contributed by atoms with Crippen LogP contribution < -0.4 is 0 Å². The maximum Gasteiger partial charge on any atom is 0.336 e. The van der Waals surface area contributed by atoms with Gasteiger partial charge < -0.3 is 14.8 Å². The van der Waals surface area contributed by atoms with Crippen LogP contribution in [0.3, 0.4) is 0 Å². The zero-order chi connectivity index (χ0) is 11.9. The molecule has 0 aromatic carbocycles. The van der Waals surface area contributed by atoms with Gasteiger partial charge in [-0.2, -0.15) is 0 Å². The second-order valence-electron chi connectivity index (χ2n) is 4.68. The molecule has 0 amide bonds. The van der Waals surface area contributed by atoms with Crippen LogP contribution in [0.5, 0.6) is 0 Å². The molecule has 2 N–H and O–H groups in total. The predicted molar refractivity (Wildman–Crippen MR) is 57.2 cm³/mol. The van der Waals surface area contributed by atoms with Gasteiger partial charge in [0, 0.05) is 37.2 Å². The van der Waals surface area contributed by atoms with Crippen LogP contribution in [-0.2, 0) is 17.8 Å². The fourth-order valence-corrected chi connectivity index (χ4v) is 2.15. The molecule has 88 valence electrons. The van der Waals surface area contributed by atoms with Gasteiger partial charge in [0.15, 0.2) is 5.60 Å². The monoisotopic (exact) mass is 224 g/mol. The Kier molecular flexibility index (Phi) is 2.50. The van der Waals surface area contributed by atoms with E-state index in [1.54, 1.807) is 6.20 Å². The number of carboxylic acid groups (broad SMARTS) is 1. The number of fused-ring (bicyclic) bond motifs is 1. The van der Waals surface area contributed by atoms with Gasteiger partial charge in [-0.3, -0.25) is 0 Å². The Balaban J connectivity index is 2.33. The Bertz CT molecular complexity index is 425. The van der Waals surface area contributed by atoms with E-state index in [0.29, 0.717) is 12.5 Å². The van der Waals surface area contributed by atoms with Crippen LogP contribution in [0.25, 0.3) is 0 Å². The van der Waals surface area contributed by atoms with Crippen molar-refractivity contribution >= 4 is 5.97 Å². The number of aliphatic hydroxyl groups is 1. The Labute approximate surface area is 93.7 Å². The number of imidazole rings is 1. The second-order valence-corrected chi connectivity index (χ2v) is 4.68. The van der Waals surface area contributed by atoms with Gasteiger partial charge in [-0.05, 0) is 0 Å². The van der Waals surface area contributed by atoms with E-state index < -0.39 is 11.6 Å². The third-order valence-corrected chi connectivity index (χ3v) is 3.11. The molecule has 16 heavy (non-hydrogen) atoms. The molecule has 1 atom stereocenters. The highest BCUT2D eigenvalue weighted by Crippen LogP contribution is 2.28. The van der Waals surface area contributed by atoms with Crippen LogP contribution in [0, 0.1) is 0 Å². The van der Waals surface area contributed by atoms with Gasteiger partial charge >= 0.3 is 5.97 Å². The number of carbonyl (C=O) groups is 1. The highest BCUT2D eigenvalue weighted by Gasteiger charge is 2.40. The van der Waals surface area contributed by atoms with E-state index in [4.69, 9.17) is 5.11 Å². The zero-order valence-electron chi connectivity index (χ0n) is 9.47. The SMILES string of the molecule is CC(C)c1ncc2n1CCC(O)(C(=O)O)C2. The van der Waals surface area contributed by atoms with E-state index in [1.807, 2.05) is 18.4 Å². The van der Waals surface area contributed by atoms with E-state index in [0.717, 1.165) is 11.5 Å². The van der Waals surface area contributed by atoms with Gasteiger partial charge in [0.05, 0.1) is 0 Å². The summed E-state index contributed by atoms with van der Waals surface area (Å²) in [5.41, 5.74) is -0.815. The van der Waals surface area contributed by atoms with Gasteiger partial charge in [-0.15, -0.1) is 0 Å². The van der Waals surface area contributed by atoms with E-state index in [-0.39, 0.29) is 12.8 Å². The molecule has 1 aromatic rings. The van der Waals surface area contributed by atoms with Gasteiger partial charge in [0.2, 0.25) is 0 Å². The van der Waals surface area contributed by atoms with Gasteiger partial charge in [-0.25, -0.2) is 9.78 Å². The highest BCUT2D eigenvalue weighted by atomic mass is 16.4. The molecular formula is C11H16N2O3. The van der Waals surface area contributed by atoms with Crippen molar-refractivity contribution in [2.75, 3.05) is 0 Å². The summed E-state index contributed by atoms with van der Waals surface area (Å²) in [4.78, 5) is 15.2. The van der Waals surface area contributed by atoms with Crippen molar-refractivity contribution in [1.82, 2.24) is 9.55 Å². The molecule has 0 bridgehead atoms. The van der Waals surface area contributed by atoms with Crippen LogP contribution in [-0.4, -0.2) is 31.3 Å². The topological polar surface area (TPSA) is 75.3 Å². The maximum absolute atomic E-state index is 10.9. The van der Waals surface area contributed by atoms with E-state index in [1.165, 1.54) is 0 Å². The van der Waals surface area contributed by atoms with Crippen LogP contribution in [0.4, 0.5) is 0 Å². The van der Waals surface area contributed by atoms with Crippen LogP contribution in [0.1, 0.15) is 37.7 Å². The normalized spacial score (nSPS) is 24.5. The van der Waals surface area contributed by atoms with Crippen molar-refractivity contribution in [3.63, 3.8) is 0 Å². The first-order valence-electron chi connectivity index (χ1n) is 5.44. The molecule has 0 radical (unpaired) electrons. The summed E-state index contributed by atoms with van der Waals surface area (Å²) in [6.07, 6.45) is 2.05. The molecule has 2 rings (SSSR count). The first-order valence-corrected chi connectivity index (χ1v) is 5.44. The Morgan fingerprint density at radius 3 is 2.88 bits per heavy atom. The lowest BCUT2D eigenvalue weighted by Gasteiger charge is -2.30. The predicted octanol–water partition coefficient (Wildman–Crippen LogP) is 0.768. The van der Waals surface area contributed by atoms with Crippen molar-refractivity contribution in [2.24, 2.45) is 0 Å². The van der Waals surface area contributed by atoms with Gasteiger partial charge in [-0.1, -0.05) is 13.8 Å². The molecule has 1 aliphatic rings. The lowest BCUT2D eigenvalue weighted by molar-refractivity contribution is -0.160. The van der Waals surface area contributed by atoms with Crippen molar-refractivity contribution in [2.45, 2.75) is 44.8 Å². The van der Waals surface area contributed by atoms with Crippen LogP contribution in [0.15, 0.2) is 6.20 Å². The Morgan fingerprint density at radius 2 is 2.31 bits per heavy atom. The molecule has 1 aromatic heterocycles. The molecule has 0 spiro atoms. The van der Waals surface area contributed by atoms with Crippen molar-refractivity contribution in [3.05, 3.63) is 17.7 Å². The summed E-state index contributed by atoms with van der Waals surface area (Å²) < 4.78 is 2.02. The summed E-state index contributed by atoms with van der Waals surface area (Å²) >= 11 is 0. The Morgan fingerprint density at radius 1 is 1.62 bits per heavy atom. The molecule has 0 fully saturated rings. The molecule has 0 saturated carbocycles. The summed E-state index contributed by atoms with van der Waals surface area (Å²) in [7, 11) is 0. The average molecular weight is 224 g/mol. The number of aromatic nitrogens is 2. The molecular weight excluding hydrogens is 208 g/mol. The summed E-state index contributed by atoms with van der Waals surface area (Å²) in [6.45, 7) is 4.62. The molecule has 1 aliphatic heterocycles. The highest BCUT2D eigenvalue weighted by molar-refractivity contribution is 5.77. The number of aliphatic carboxylic acids is 1. The fourth-order valence-electron chi connectivity index (χ4n) is 2.15. The lowest BCUT2D eigenvalue weighted by atomic mass is 9.91. The molecule has 5 heteroatoms. The second kappa shape index (κ2) is 3.59. The number of carboxylic acids is 1. The summed E-state index contributed by atoms with van der Waals surface area (Å²) in [5.74, 6) is 0.123. The molecule has 1 unspecified atom stereocenters. The third-order valence-electron chi connectivity index (χ3n) is 3.11. The summed E-state index contributed by atoms with van der Waals surface area (Å²) in [5, 5.41) is 18.9. The van der Waals surface area contributed by atoms with Crippen LogP contribution in [0.2, 0.25) is 0 Å². The minimum atomic E-state index is -1.62. The maximum atomic E-state index is 10.9. The minimum Gasteiger partial charge on any atom is -0.479 e. The largest absolute Gasteiger partial charge is 0.479 e. The molecule has 2 heterocycles. The molecule has 5 nitrogen and oxygen atoms in total. The summed E-state index contributed by atoms with van der Waals surface area (Å²) in [6, 6.07) is 0. The first-order chi connectivity index (χ1) is 7.44. The lowest BCUT2D eigenvalue weighted by Crippen LogP contribution is -2.45. The Hall–Kier alpha value is -1.36. The minimum absolute atomic E-state index is 0.141. The van der Waals surface area contributed by atoms with Crippen molar-refractivity contribution < 1.29 is 15.0 Å². The average Bonchev–Trinajstić information content (AvgIpc) is 2.59. The number of hydrogen-bond donors (Lipinski definition) is 2. The van der Waals surface area contributed by atoms with E-state index in [9.17, 15) is 9.90 Å². The number of rotatable bonds is 2. The van der Waals surface area contributed by atoms with Gasteiger partial charge in [0.1, 0.15) is 5.82 Å². The van der Waals surface area contributed by atoms with Crippen LogP contribution >= 0.6 is 0 Å². The zero-order valence-corrected chi connectivity index (χ0v) is 9.47. The molecule has 0 saturated heterocycles. The van der Waals surface area contributed by atoms with E-state index in [2.05, 4.69) is 4.98 Å².